The molecule has 1 aromatic rings. The van der Waals surface area contributed by atoms with Crippen molar-refractivity contribution < 1.29 is 0 Å². The van der Waals surface area contributed by atoms with Crippen LogP contribution in [0.5, 0.6) is 0 Å². The minimum atomic E-state index is 0.530. The van der Waals surface area contributed by atoms with Crippen LogP contribution in [-0.2, 0) is 0 Å². The zero-order valence-electron chi connectivity index (χ0n) is 11.8. The molecule has 1 heteroatoms. The van der Waals surface area contributed by atoms with Crippen LogP contribution >= 0.6 is 0 Å². The van der Waals surface area contributed by atoms with Crippen molar-refractivity contribution in [2.75, 3.05) is 13.1 Å². The lowest BCUT2D eigenvalue weighted by molar-refractivity contribution is 0.219. The minimum Gasteiger partial charge on any atom is -0.297 e. The van der Waals surface area contributed by atoms with Crippen molar-refractivity contribution >= 4 is 5.57 Å². The summed E-state index contributed by atoms with van der Waals surface area (Å²) < 4.78 is 0. The number of rotatable bonds is 3. The molecular weight excluding hydrogens is 218 g/mol. The summed E-state index contributed by atoms with van der Waals surface area (Å²) in [6.07, 6.45) is 5.50. The van der Waals surface area contributed by atoms with E-state index in [0.717, 1.165) is 5.57 Å². The molecule has 1 atom stereocenters. The molecule has 2 rings (SSSR count). The largest absolute Gasteiger partial charge is 0.297 e. The first kappa shape index (κ1) is 13.4. The zero-order valence-corrected chi connectivity index (χ0v) is 11.8. The van der Waals surface area contributed by atoms with Gasteiger partial charge in [-0.15, -0.1) is 0 Å². The molecule has 0 spiro atoms. The van der Waals surface area contributed by atoms with Crippen molar-refractivity contribution in [2.45, 2.75) is 45.6 Å². The number of hydrogen-bond donors (Lipinski definition) is 0. The predicted octanol–water partition coefficient (Wildman–Crippen LogP) is 4.66. The number of nitrogens with zero attached hydrogens (tertiary/aromatic N) is 1. The van der Waals surface area contributed by atoms with E-state index in [2.05, 4.69) is 49.6 Å². The molecule has 0 aliphatic carbocycles. The van der Waals surface area contributed by atoms with E-state index in [-0.39, 0.29) is 0 Å². The van der Waals surface area contributed by atoms with Crippen LogP contribution in [-0.4, -0.2) is 18.0 Å². The number of likely N-dealkylation sites (tertiary alicyclic amines) is 1. The molecule has 1 aliphatic heterocycles. The first-order chi connectivity index (χ1) is 8.68. The first-order valence-electron chi connectivity index (χ1n) is 7.18. The maximum absolute atomic E-state index is 4.04. The average Bonchev–Trinajstić information content (AvgIpc) is 2.67. The molecule has 98 valence electrons. The fourth-order valence-electron chi connectivity index (χ4n) is 2.76. The van der Waals surface area contributed by atoms with E-state index < -0.39 is 0 Å². The molecule has 0 N–H and O–H groups in total. The van der Waals surface area contributed by atoms with Crippen molar-refractivity contribution in [3.8, 4) is 0 Å². The van der Waals surface area contributed by atoms with E-state index >= 15 is 0 Å². The van der Waals surface area contributed by atoms with Gasteiger partial charge >= 0.3 is 0 Å². The van der Waals surface area contributed by atoms with Crippen molar-refractivity contribution in [3.63, 3.8) is 0 Å². The molecular formula is C17H25N. The Kier molecular flexibility index (Phi) is 4.60. The summed E-state index contributed by atoms with van der Waals surface area (Å²) in [5, 5.41) is 0. The Hall–Kier alpha value is -1.08. The van der Waals surface area contributed by atoms with Crippen LogP contribution in [0.4, 0.5) is 0 Å². The van der Waals surface area contributed by atoms with Crippen molar-refractivity contribution in [1.29, 1.82) is 0 Å². The van der Waals surface area contributed by atoms with E-state index in [1.807, 2.05) is 0 Å². The quantitative estimate of drug-likeness (QED) is 0.746. The highest BCUT2D eigenvalue weighted by atomic mass is 15.1. The van der Waals surface area contributed by atoms with Crippen molar-refractivity contribution in [2.24, 2.45) is 0 Å². The highest BCUT2D eigenvalue weighted by molar-refractivity contribution is 5.61. The van der Waals surface area contributed by atoms with Crippen molar-refractivity contribution in [1.82, 2.24) is 4.90 Å². The van der Waals surface area contributed by atoms with Gasteiger partial charge < -0.3 is 0 Å². The maximum atomic E-state index is 4.04. The molecule has 0 aromatic heterocycles. The van der Waals surface area contributed by atoms with E-state index in [1.54, 1.807) is 0 Å². The monoisotopic (exact) mass is 243 g/mol. The fourth-order valence-corrected chi connectivity index (χ4v) is 2.76. The van der Waals surface area contributed by atoms with Crippen LogP contribution in [0.3, 0.4) is 0 Å². The summed E-state index contributed by atoms with van der Waals surface area (Å²) in [5.41, 5.74) is 3.85. The smallest absolute Gasteiger partial charge is 0.0320 e. The van der Waals surface area contributed by atoms with Gasteiger partial charge in [0.1, 0.15) is 0 Å². The van der Waals surface area contributed by atoms with Gasteiger partial charge in [-0.25, -0.2) is 0 Å². The van der Waals surface area contributed by atoms with Gasteiger partial charge in [-0.1, -0.05) is 43.2 Å². The summed E-state index contributed by atoms with van der Waals surface area (Å²) in [5.74, 6) is 0. The normalized spacial score (nSPS) is 19.2. The maximum Gasteiger partial charge on any atom is 0.0320 e. The van der Waals surface area contributed by atoms with Gasteiger partial charge in [0.15, 0.2) is 0 Å². The lowest BCUT2D eigenvalue weighted by atomic mass is 10.0. The third-order valence-electron chi connectivity index (χ3n) is 4.05. The molecule has 1 heterocycles. The van der Waals surface area contributed by atoms with E-state index in [0.29, 0.717) is 6.04 Å². The molecule has 1 nitrogen and oxygen atoms in total. The average molecular weight is 243 g/mol. The van der Waals surface area contributed by atoms with Crippen LogP contribution < -0.4 is 0 Å². The van der Waals surface area contributed by atoms with Crippen LogP contribution in [0, 0.1) is 0 Å². The Morgan fingerprint density at radius 2 is 1.83 bits per heavy atom. The molecule has 18 heavy (non-hydrogen) atoms. The molecule has 0 bridgehead atoms. The Bertz CT molecular complexity index is 400. The summed E-state index contributed by atoms with van der Waals surface area (Å²) in [4.78, 5) is 2.63. The highest BCUT2D eigenvalue weighted by Gasteiger charge is 2.17. The second-order valence-corrected chi connectivity index (χ2v) is 5.53. The topological polar surface area (TPSA) is 3.24 Å². The van der Waals surface area contributed by atoms with Crippen LogP contribution in [0.1, 0.15) is 56.7 Å². The van der Waals surface area contributed by atoms with Gasteiger partial charge in [0.25, 0.3) is 0 Å². The molecule has 1 saturated heterocycles. The fraction of sp³-hybridized carbons (Fsp3) is 0.529. The van der Waals surface area contributed by atoms with Gasteiger partial charge in [-0.2, -0.15) is 0 Å². The molecule has 1 aliphatic rings. The molecule has 1 aromatic carbocycles. The number of hydrogen-bond acceptors (Lipinski definition) is 1. The Morgan fingerprint density at radius 3 is 2.44 bits per heavy atom. The number of benzene rings is 1. The summed E-state index contributed by atoms with van der Waals surface area (Å²) in [6.45, 7) is 11.0. The van der Waals surface area contributed by atoms with E-state index in [1.165, 1.54) is 49.9 Å². The lowest BCUT2D eigenvalue weighted by Gasteiger charge is -2.28. The standard InChI is InChI=1S/C17H25N/c1-14(2)16-9-8-10-17(13-16)15(3)18-11-6-4-5-7-12-18/h8-10,13,15H,1,4-7,11-12H2,2-3H3. The summed E-state index contributed by atoms with van der Waals surface area (Å²) >= 11 is 0. The van der Waals surface area contributed by atoms with Crippen LogP contribution in [0.15, 0.2) is 30.8 Å². The third kappa shape index (κ3) is 3.23. The molecule has 1 fully saturated rings. The highest BCUT2D eigenvalue weighted by Crippen LogP contribution is 2.25. The minimum absolute atomic E-state index is 0.530. The second kappa shape index (κ2) is 6.19. The Labute approximate surface area is 112 Å². The van der Waals surface area contributed by atoms with Gasteiger partial charge in [-0.3, -0.25) is 4.90 Å². The molecule has 1 unspecified atom stereocenters. The third-order valence-corrected chi connectivity index (χ3v) is 4.05. The predicted molar refractivity (Wildman–Crippen MR) is 79.6 cm³/mol. The van der Waals surface area contributed by atoms with Crippen LogP contribution in [0.25, 0.3) is 5.57 Å². The van der Waals surface area contributed by atoms with E-state index in [4.69, 9.17) is 0 Å². The van der Waals surface area contributed by atoms with Gasteiger partial charge in [-0.05, 0) is 57.0 Å². The SMILES string of the molecule is C=C(C)c1cccc(C(C)N2CCCCCC2)c1. The summed E-state index contributed by atoms with van der Waals surface area (Å²) in [7, 11) is 0. The van der Waals surface area contributed by atoms with E-state index in [9.17, 15) is 0 Å². The van der Waals surface area contributed by atoms with Gasteiger partial charge in [0.05, 0.1) is 0 Å². The summed E-state index contributed by atoms with van der Waals surface area (Å²) in [6, 6.07) is 9.40. The van der Waals surface area contributed by atoms with Gasteiger partial charge in [0, 0.05) is 6.04 Å². The van der Waals surface area contributed by atoms with Crippen LogP contribution in [0.2, 0.25) is 0 Å². The molecule has 0 saturated carbocycles. The first-order valence-corrected chi connectivity index (χ1v) is 7.18. The number of allylic oxidation sites excluding steroid dienone is 1. The zero-order chi connectivity index (χ0) is 13.0. The lowest BCUT2D eigenvalue weighted by Crippen LogP contribution is -2.27. The molecule has 0 amide bonds. The molecule has 0 radical (unpaired) electrons. The Balaban J connectivity index is 2.13. The van der Waals surface area contributed by atoms with Gasteiger partial charge in [0.2, 0.25) is 0 Å². The second-order valence-electron chi connectivity index (χ2n) is 5.53. The Morgan fingerprint density at radius 1 is 1.17 bits per heavy atom. The van der Waals surface area contributed by atoms with Crippen molar-refractivity contribution in [3.05, 3.63) is 42.0 Å².